The van der Waals surface area contributed by atoms with E-state index in [9.17, 15) is 9.90 Å². The maximum Gasteiger partial charge on any atom is 0.344 e. The third kappa shape index (κ3) is 6.80. The Hall–Kier alpha value is -1.95. The Balaban J connectivity index is 2.70. The van der Waals surface area contributed by atoms with Crippen molar-refractivity contribution in [3.8, 4) is 0 Å². The quantitative estimate of drug-likeness (QED) is 0.172. The molecule has 0 unspecified atom stereocenters. The van der Waals surface area contributed by atoms with Crippen LogP contribution in [0.4, 0.5) is 0 Å². The molecule has 4 nitrogen and oxygen atoms in total. The average molecular weight is 467 g/mol. The fourth-order valence-electron chi connectivity index (χ4n) is 2.77. The largest absolute Gasteiger partial charge is 0.512 e. The number of hydrogen-bond acceptors (Lipinski definition) is 4. The summed E-state index contributed by atoms with van der Waals surface area (Å²) in [5, 5.41) is 10.3. The first-order valence-corrected chi connectivity index (χ1v) is 10.4. The van der Waals surface area contributed by atoms with Crippen molar-refractivity contribution in [2.24, 2.45) is 4.90 Å². The normalized spacial score (nSPS) is 13.5. The van der Waals surface area contributed by atoms with Gasteiger partial charge in [-0.3, -0.25) is 0 Å². The van der Waals surface area contributed by atoms with Crippen molar-refractivity contribution in [3.05, 3.63) is 72.0 Å². The van der Waals surface area contributed by atoms with Crippen LogP contribution in [0.25, 0.3) is 0 Å². The molecule has 0 atom stereocenters. The van der Waals surface area contributed by atoms with Gasteiger partial charge in [-0.25, -0.2) is 4.79 Å². The molecule has 0 aliphatic carbocycles. The van der Waals surface area contributed by atoms with Gasteiger partial charge in [0.15, 0.2) is 0 Å². The number of alkyl halides is 3. The minimum atomic E-state index is -2.09. The van der Waals surface area contributed by atoms with E-state index in [1.165, 1.54) is 6.92 Å². The predicted molar refractivity (Wildman–Crippen MR) is 127 cm³/mol. The zero-order valence-electron chi connectivity index (χ0n) is 17.2. The molecule has 0 heterocycles. The molecule has 158 valence electrons. The number of carbonyl (C=O) groups excluding carboxylic acids is 1. The Bertz CT molecular complexity index is 890. The predicted octanol–water partition coefficient (Wildman–Crippen LogP) is 4.78. The maximum absolute atomic E-state index is 12.8. The molecular formula is C22H23BCl3NO3. The second-order valence-corrected chi connectivity index (χ2v) is 9.94. The number of esters is 1. The highest BCUT2D eigenvalue weighted by Gasteiger charge is 2.38. The van der Waals surface area contributed by atoms with Gasteiger partial charge in [-0.15, -0.1) is 0 Å². The smallest absolute Gasteiger partial charge is 0.344 e. The number of nitrogens with zero attached hydrogens (tertiary/aromatic N) is 1. The third-order valence-electron chi connectivity index (χ3n) is 3.96. The lowest BCUT2D eigenvalue weighted by Gasteiger charge is -2.24. The van der Waals surface area contributed by atoms with Gasteiger partial charge in [0.2, 0.25) is 3.79 Å². The lowest BCUT2D eigenvalue weighted by Crippen LogP contribution is -2.43. The summed E-state index contributed by atoms with van der Waals surface area (Å²) in [7, 11) is 0. The van der Waals surface area contributed by atoms with Gasteiger partial charge in [-0.05, 0) is 38.6 Å². The molecule has 2 aromatic rings. The highest BCUT2D eigenvalue weighted by Crippen LogP contribution is 2.33. The molecule has 2 rings (SSSR count). The van der Waals surface area contributed by atoms with Gasteiger partial charge in [-0.2, -0.15) is 0 Å². The third-order valence-corrected chi connectivity index (χ3v) is 4.50. The van der Waals surface area contributed by atoms with Gasteiger partial charge in [0.05, 0.1) is 5.71 Å². The number of allylic oxidation sites excluding steroid dienone is 1. The molecular weight excluding hydrogens is 443 g/mol. The first-order valence-electron chi connectivity index (χ1n) is 9.28. The van der Waals surface area contributed by atoms with E-state index in [1.807, 2.05) is 60.7 Å². The van der Waals surface area contributed by atoms with E-state index in [4.69, 9.17) is 39.5 Å². The van der Waals surface area contributed by atoms with Gasteiger partial charge < -0.3 is 14.7 Å². The number of aliphatic hydroxyl groups is 1. The molecule has 8 heteroatoms. The zero-order valence-corrected chi connectivity index (χ0v) is 19.5. The van der Waals surface area contributed by atoms with Gasteiger partial charge in [0.25, 0.3) is 0 Å². The number of benzene rings is 2. The topological polar surface area (TPSA) is 58.9 Å². The standard InChI is InChI=1S/C22H23BCl3NO3/c1-15(28)18(20(29)30-21(2,3)4)19(22(24,25)26)27-23(16-11-7-5-8-12-16)17-13-9-6-10-14-17/h5-14,28H,1-4H3. The maximum atomic E-state index is 12.8. The molecule has 1 N–H and O–H groups in total. The second-order valence-electron chi connectivity index (χ2n) is 7.66. The fraction of sp³-hybridized carbons (Fsp3) is 0.273. The molecule has 0 amide bonds. The number of halogens is 3. The Morgan fingerprint density at radius 3 is 1.70 bits per heavy atom. The minimum Gasteiger partial charge on any atom is -0.512 e. The summed E-state index contributed by atoms with van der Waals surface area (Å²) < 4.78 is 3.33. The van der Waals surface area contributed by atoms with Gasteiger partial charge in [-0.1, -0.05) is 95.5 Å². The SMILES string of the molecule is CC(O)=C(C(=O)OC(C)(C)C)C(=NB(c1ccccc1)c1ccccc1)C(Cl)(Cl)Cl. The van der Waals surface area contributed by atoms with Crippen LogP contribution in [0.2, 0.25) is 0 Å². The van der Waals surface area contributed by atoms with Crippen LogP contribution < -0.4 is 10.9 Å². The monoisotopic (exact) mass is 465 g/mol. The lowest BCUT2D eigenvalue weighted by atomic mass is 9.51. The summed E-state index contributed by atoms with van der Waals surface area (Å²) in [6, 6.07) is 18.8. The highest BCUT2D eigenvalue weighted by atomic mass is 35.6. The summed E-state index contributed by atoms with van der Waals surface area (Å²) in [6.45, 7) is 5.87. The fourth-order valence-corrected chi connectivity index (χ4v) is 3.20. The molecule has 0 spiro atoms. The number of carbonyl (C=O) groups is 1. The van der Waals surface area contributed by atoms with Crippen molar-refractivity contribution < 1.29 is 14.6 Å². The lowest BCUT2D eigenvalue weighted by molar-refractivity contribution is -0.149. The van der Waals surface area contributed by atoms with Crippen molar-refractivity contribution in [1.82, 2.24) is 0 Å². The van der Waals surface area contributed by atoms with Crippen LogP contribution in [0.3, 0.4) is 0 Å². The molecule has 0 fully saturated rings. The van der Waals surface area contributed by atoms with Gasteiger partial charge in [0, 0.05) is 0 Å². The molecule has 30 heavy (non-hydrogen) atoms. The van der Waals surface area contributed by atoms with E-state index in [1.54, 1.807) is 20.8 Å². The van der Waals surface area contributed by atoms with Gasteiger partial charge >= 0.3 is 12.8 Å². The highest BCUT2D eigenvalue weighted by molar-refractivity contribution is 6.87. The van der Waals surface area contributed by atoms with Crippen molar-refractivity contribution >= 4 is 64.3 Å². The first kappa shape index (κ1) is 24.3. The van der Waals surface area contributed by atoms with E-state index in [2.05, 4.69) is 4.90 Å². The van der Waals surface area contributed by atoms with Crippen molar-refractivity contribution in [2.45, 2.75) is 37.1 Å². The summed E-state index contributed by atoms with van der Waals surface area (Å²) in [5.41, 5.74) is 0.375. The zero-order chi connectivity index (χ0) is 22.5. The molecule has 0 aliphatic rings. The van der Waals surface area contributed by atoms with Gasteiger partial charge in [0.1, 0.15) is 16.9 Å². The van der Waals surface area contributed by atoms with Crippen LogP contribution in [0.15, 0.2) is 76.9 Å². The summed E-state index contributed by atoms with van der Waals surface area (Å²) in [4.78, 5) is 17.5. The van der Waals surface area contributed by atoms with Crippen molar-refractivity contribution in [2.75, 3.05) is 0 Å². The van der Waals surface area contributed by atoms with E-state index in [-0.39, 0.29) is 17.0 Å². The van der Waals surface area contributed by atoms with Crippen LogP contribution in [-0.2, 0) is 9.53 Å². The molecule has 0 saturated carbocycles. The molecule has 0 bridgehead atoms. The van der Waals surface area contributed by atoms with E-state index >= 15 is 0 Å². The minimum absolute atomic E-state index is 0.195. The molecule has 0 saturated heterocycles. The van der Waals surface area contributed by atoms with Crippen LogP contribution >= 0.6 is 34.8 Å². The van der Waals surface area contributed by atoms with Crippen molar-refractivity contribution in [1.29, 1.82) is 0 Å². The summed E-state index contributed by atoms with van der Waals surface area (Å²) >= 11 is 18.7. The molecule has 0 aromatic heterocycles. The van der Waals surface area contributed by atoms with Crippen LogP contribution in [0, 0.1) is 0 Å². The number of hydrogen-bond donors (Lipinski definition) is 1. The van der Waals surface area contributed by atoms with Crippen LogP contribution in [0.5, 0.6) is 0 Å². The Labute approximate surface area is 192 Å². The van der Waals surface area contributed by atoms with E-state index in [0.717, 1.165) is 10.9 Å². The van der Waals surface area contributed by atoms with Crippen LogP contribution in [-0.4, -0.2) is 33.0 Å². The van der Waals surface area contributed by atoms with E-state index in [0.29, 0.717) is 0 Å². The number of rotatable bonds is 5. The Kier molecular flexibility index (Phi) is 8.03. The van der Waals surface area contributed by atoms with Crippen LogP contribution in [0.1, 0.15) is 27.7 Å². The number of ether oxygens (including phenoxy) is 1. The Morgan fingerprint density at radius 2 is 1.37 bits per heavy atom. The molecule has 0 aliphatic heterocycles. The number of aliphatic hydroxyl groups excluding tert-OH is 1. The van der Waals surface area contributed by atoms with E-state index < -0.39 is 22.2 Å². The van der Waals surface area contributed by atoms with Crippen molar-refractivity contribution in [3.63, 3.8) is 0 Å². The summed E-state index contributed by atoms with van der Waals surface area (Å²) in [6.07, 6.45) is 0. The molecule has 2 aromatic carbocycles. The average Bonchev–Trinajstić information content (AvgIpc) is 2.63. The second kappa shape index (κ2) is 9.91. The summed E-state index contributed by atoms with van der Waals surface area (Å²) in [5.74, 6) is -1.18. The Morgan fingerprint density at radius 1 is 0.933 bits per heavy atom. The first-order chi connectivity index (χ1) is 13.9. The molecule has 0 radical (unpaired) electrons.